The van der Waals surface area contributed by atoms with Crippen molar-refractivity contribution >= 4 is 35.0 Å². The number of benzene rings is 1. The van der Waals surface area contributed by atoms with E-state index in [9.17, 15) is 9.59 Å². The van der Waals surface area contributed by atoms with Gasteiger partial charge in [0.25, 0.3) is 0 Å². The van der Waals surface area contributed by atoms with Gasteiger partial charge in [0.1, 0.15) is 6.61 Å². The van der Waals surface area contributed by atoms with E-state index in [1.54, 1.807) is 25.1 Å². The molecule has 2 amide bonds. The zero-order valence-corrected chi connectivity index (χ0v) is 14.2. The van der Waals surface area contributed by atoms with Crippen LogP contribution < -0.4 is 15.4 Å². The van der Waals surface area contributed by atoms with Crippen LogP contribution in [0.1, 0.15) is 25.5 Å². The zero-order chi connectivity index (χ0) is 17.1. The SMILES string of the molecule is C=CCOc1c(Cl)cc([C@@H]2NC(=O)NC(C)=C2C(C)=O)cc1Cl. The van der Waals surface area contributed by atoms with Crippen molar-refractivity contribution in [3.05, 3.63) is 51.7 Å². The Bertz CT molecular complexity index is 690. The highest BCUT2D eigenvalue weighted by Crippen LogP contribution is 2.38. The van der Waals surface area contributed by atoms with Crippen LogP contribution in [0.3, 0.4) is 0 Å². The van der Waals surface area contributed by atoms with Gasteiger partial charge in [0.05, 0.1) is 16.1 Å². The van der Waals surface area contributed by atoms with Gasteiger partial charge >= 0.3 is 6.03 Å². The Morgan fingerprint density at radius 1 is 1.39 bits per heavy atom. The average Bonchev–Trinajstić information content (AvgIpc) is 2.44. The van der Waals surface area contributed by atoms with Crippen molar-refractivity contribution in [3.8, 4) is 5.75 Å². The lowest BCUT2D eigenvalue weighted by Gasteiger charge is -2.28. The molecule has 23 heavy (non-hydrogen) atoms. The Morgan fingerprint density at radius 2 is 2.00 bits per heavy atom. The fourth-order valence-electron chi connectivity index (χ4n) is 2.44. The van der Waals surface area contributed by atoms with Gasteiger partial charge in [-0.2, -0.15) is 0 Å². The van der Waals surface area contributed by atoms with Gasteiger partial charge in [-0.05, 0) is 31.5 Å². The lowest BCUT2D eigenvalue weighted by Crippen LogP contribution is -2.44. The molecule has 2 rings (SSSR count). The van der Waals surface area contributed by atoms with E-state index in [1.165, 1.54) is 6.92 Å². The third-order valence-corrected chi connectivity index (χ3v) is 3.91. The normalized spacial score (nSPS) is 17.4. The summed E-state index contributed by atoms with van der Waals surface area (Å²) >= 11 is 12.4. The Morgan fingerprint density at radius 3 is 2.52 bits per heavy atom. The predicted molar refractivity (Wildman–Crippen MR) is 89.9 cm³/mol. The first-order chi connectivity index (χ1) is 10.8. The van der Waals surface area contributed by atoms with Gasteiger partial charge in [0, 0.05) is 11.3 Å². The molecule has 1 aromatic carbocycles. The van der Waals surface area contributed by atoms with Gasteiger partial charge in [0.15, 0.2) is 11.5 Å². The van der Waals surface area contributed by atoms with Crippen molar-refractivity contribution in [2.75, 3.05) is 6.61 Å². The molecular weight excluding hydrogens is 339 g/mol. The minimum absolute atomic E-state index is 0.153. The van der Waals surface area contributed by atoms with Gasteiger partial charge in [-0.25, -0.2) is 4.79 Å². The maximum atomic E-state index is 11.9. The molecule has 1 heterocycles. The number of urea groups is 1. The van der Waals surface area contributed by atoms with Crippen LogP contribution in [-0.2, 0) is 4.79 Å². The minimum Gasteiger partial charge on any atom is -0.486 e. The molecule has 122 valence electrons. The zero-order valence-electron chi connectivity index (χ0n) is 12.7. The summed E-state index contributed by atoms with van der Waals surface area (Å²) < 4.78 is 5.42. The summed E-state index contributed by atoms with van der Waals surface area (Å²) in [6, 6.07) is 2.23. The standard InChI is InChI=1S/C16H16Cl2N2O3/c1-4-5-23-15-11(17)6-10(7-12(15)18)14-13(9(3)21)8(2)19-16(22)20-14/h4,6-7,14H,1,5H2,2-3H3,(H2,19,20,22)/t14-/m0/s1. The maximum Gasteiger partial charge on any atom is 0.319 e. The van der Waals surface area contributed by atoms with Crippen LogP contribution in [0.4, 0.5) is 4.79 Å². The molecule has 0 radical (unpaired) electrons. The largest absolute Gasteiger partial charge is 0.486 e. The van der Waals surface area contributed by atoms with Crippen LogP contribution in [-0.4, -0.2) is 18.4 Å². The molecule has 0 fully saturated rings. The number of ketones is 1. The molecule has 2 N–H and O–H groups in total. The van der Waals surface area contributed by atoms with Crippen molar-refractivity contribution in [2.24, 2.45) is 0 Å². The third-order valence-electron chi connectivity index (χ3n) is 3.35. The number of rotatable bonds is 5. The Balaban J connectivity index is 2.48. The van der Waals surface area contributed by atoms with Crippen LogP contribution in [0.5, 0.6) is 5.75 Å². The first-order valence-corrected chi connectivity index (χ1v) is 7.62. The molecule has 0 aromatic heterocycles. The van der Waals surface area contributed by atoms with E-state index in [4.69, 9.17) is 27.9 Å². The molecule has 0 aliphatic carbocycles. The molecule has 1 aliphatic heterocycles. The monoisotopic (exact) mass is 354 g/mol. The van der Waals surface area contributed by atoms with Crippen molar-refractivity contribution < 1.29 is 14.3 Å². The lowest BCUT2D eigenvalue weighted by molar-refractivity contribution is -0.114. The number of nitrogens with one attached hydrogen (secondary N) is 2. The van der Waals surface area contributed by atoms with E-state index in [2.05, 4.69) is 17.2 Å². The fraction of sp³-hybridized carbons (Fsp3) is 0.250. The molecule has 0 saturated carbocycles. The molecule has 1 aliphatic rings. The van der Waals surface area contributed by atoms with Crippen LogP contribution >= 0.6 is 23.2 Å². The number of allylic oxidation sites excluding steroid dienone is 1. The number of amides is 2. The smallest absolute Gasteiger partial charge is 0.319 e. The van der Waals surface area contributed by atoms with E-state index >= 15 is 0 Å². The summed E-state index contributed by atoms with van der Waals surface area (Å²) in [4.78, 5) is 23.7. The average molecular weight is 355 g/mol. The number of carbonyl (C=O) groups excluding carboxylic acids is 2. The topological polar surface area (TPSA) is 67.4 Å². The molecule has 0 unspecified atom stereocenters. The Labute approximate surface area is 144 Å². The van der Waals surface area contributed by atoms with Crippen molar-refractivity contribution in [1.29, 1.82) is 0 Å². The number of hydrogen-bond acceptors (Lipinski definition) is 3. The second-order valence-corrected chi connectivity index (χ2v) is 5.85. The summed E-state index contributed by atoms with van der Waals surface area (Å²) in [6.45, 7) is 6.94. The van der Waals surface area contributed by atoms with Crippen LogP contribution in [0.25, 0.3) is 0 Å². The van der Waals surface area contributed by atoms with E-state index in [0.29, 0.717) is 32.6 Å². The molecule has 7 heteroatoms. The summed E-state index contributed by atoms with van der Waals surface area (Å²) in [5.74, 6) is 0.182. The van der Waals surface area contributed by atoms with E-state index in [0.717, 1.165) is 0 Å². The third kappa shape index (κ3) is 3.68. The quantitative estimate of drug-likeness (QED) is 0.790. The van der Waals surface area contributed by atoms with Gasteiger partial charge in [0.2, 0.25) is 0 Å². The fourth-order valence-corrected chi connectivity index (χ4v) is 3.05. The first kappa shape index (κ1) is 17.4. The Kier molecular flexibility index (Phi) is 5.34. The Hall–Kier alpha value is -1.98. The van der Waals surface area contributed by atoms with Gasteiger partial charge in [-0.3, -0.25) is 4.79 Å². The number of hydrogen-bond donors (Lipinski definition) is 2. The summed E-state index contributed by atoms with van der Waals surface area (Å²) in [6.07, 6.45) is 1.58. The number of halogens is 2. The van der Waals surface area contributed by atoms with Gasteiger partial charge in [-0.15, -0.1) is 0 Å². The van der Waals surface area contributed by atoms with E-state index < -0.39 is 12.1 Å². The second-order valence-electron chi connectivity index (χ2n) is 5.04. The lowest BCUT2D eigenvalue weighted by atomic mass is 9.93. The minimum atomic E-state index is -0.621. The second kappa shape index (κ2) is 7.06. The first-order valence-electron chi connectivity index (χ1n) is 6.87. The summed E-state index contributed by atoms with van der Waals surface area (Å²) in [5.41, 5.74) is 1.56. The van der Waals surface area contributed by atoms with Crippen LogP contribution in [0, 0.1) is 0 Å². The molecule has 0 bridgehead atoms. The van der Waals surface area contributed by atoms with Gasteiger partial charge in [-0.1, -0.05) is 35.9 Å². The molecular formula is C16H16Cl2N2O3. The van der Waals surface area contributed by atoms with E-state index in [-0.39, 0.29) is 12.4 Å². The molecule has 0 spiro atoms. The number of ether oxygens (including phenoxy) is 1. The van der Waals surface area contributed by atoms with E-state index in [1.807, 2.05) is 0 Å². The molecule has 5 nitrogen and oxygen atoms in total. The van der Waals surface area contributed by atoms with Gasteiger partial charge < -0.3 is 15.4 Å². The maximum absolute atomic E-state index is 11.9. The highest BCUT2D eigenvalue weighted by atomic mass is 35.5. The number of carbonyl (C=O) groups is 2. The van der Waals surface area contributed by atoms with Crippen LogP contribution in [0.2, 0.25) is 10.0 Å². The molecule has 1 atom stereocenters. The highest BCUT2D eigenvalue weighted by molar-refractivity contribution is 6.37. The summed E-state index contributed by atoms with van der Waals surface area (Å²) in [7, 11) is 0. The van der Waals surface area contributed by atoms with Crippen LogP contribution in [0.15, 0.2) is 36.1 Å². The highest BCUT2D eigenvalue weighted by Gasteiger charge is 2.30. The molecule has 1 aromatic rings. The van der Waals surface area contributed by atoms with Crippen molar-refractivity contribution in [1.82, 2.24) is 10.6 Å². The molecule has 0 saturated heterocycles. The van der Waals surface area contributed by atoms with Crippen molar-refractivity contribution in [2.45, 2.75) is 19.9 Å². The summed E-state index contributed by atoms with van der Waals surface area (Å²) in [5, 5.41) is 5.88. The number of Topliss-reactive ketones (excluding diaryl/α,β-unsaturated/α-hetero) is 1. The predicted octanol–water partition coefficient (Wildman–Crippen LogP) is 3.78. The van der Waals surface area contributed by atoms with Crippen molar-refractivity contribution in [3.63, 3.8) is 0 Å².